The molecule has 1 fully saturated rings. The third kappa shape index (κ3) is 4.56. The molecule has 4 heterocycles. The fourth-order valence-corrected chi connectivity index (χ4v) is 5.56. The molecule has 0 saturated carbocycles. The Bertz CT molecular complexity index is 1720. The first-order valence-electron chi connectivity index (χ1n) is 12.3. The number of rotatable bonds is 5. The second kappa shape index (κ2) is 9.24. The summed E-state index contributed by atoms with van der Waals surface area (Å²) < 4.78 is 31.1. The Morgan fingerprint density at radius 1 is 1.00 bits per heavy atom. The van der Waals surface area contributed by atoms with E-state index in [0.29, 0.717) is 11.9 Å². The summed E-state index contributed by atoms with van der Waals surface area (Å²) in [6.07, 6.45) is 8.94. The summed E-state index contributed by atoms with van der Waals surface area (Å²) in [7, 11) is -3.25. The van der Waals surface area contributed by atoms with Crippen LogP contribution in [0, 0.1) is 6.92 Å². The summed E-state index contributed by atoms with van der Waals surface area (Å²) in [5.41, 5.74) is 4.81. The van der Waals surface area contributed by atoms with Gasteiger partial charge in [-0.2, -0.15) is 5.10 Å². The first kappa shape index (κ1) is 23.6. The van der Waals surface area contributed by atoms with Gasteiger partial charge in [-0.3, -0.25) is 9.67 Å². The first-order valence-corrected chi connectivity index (χ1v) is 14.1. The number of aromatic nitrogens is 4. The number of benzene rings is 2. The van der Waals surface area contributed by atoms with Crippen molar-refractivity contribution in [3.63, 3.8) is 0 Å². The Morgan fingerprint density at radius 3 is 2.54 bits per heavy atom. The lowest BCUT2D eigenvalue weighted by Crippen LogP contribution is -2.19. The average molecular weight is 514 g/mol. The number of ether oxygens (including phenoxy) is 1. The van der Waals surface area contributed by atoms with Crippen molar-refractivity contribution in [2.75, 3.05) is 24.8 Å². The van der Waals surface area contributed by atoms with E-state index in [1.54, 1.807) is 24.3 Å². The minimum Gasteiger partial charge on any atom is -0.381 e. The Labute approximate surface area is 215 Å². The lowest BCUT2D eigenvalue weighted by atomic mass is 9.98. The molecule has 37 heavy (non-hydrogen) atoms. The molecule has 0 aliphatic carbocycles. The molecular formula is C28H27N5O3S. The minimum absolute atomic E-state index is 0.280. The van der Waals surface area contributed by atoms with Crippen molar-refractivity contribution in [1.82, 2.24) is 19.7 Å². The van der Waals surface area contributed by atoms with Crippen LogP contribution in [0.1, 0.15) is 24.4 Å². The van der Waals surface area contributed by atoms with E-state index in [1.165, 1.54) is 6.26 Å². The highest BCUT2D eigenvalue weighted by atomic mass is 32.2. The van der Waals surface area contributed by atoms with Gasteiger partial charge in [0, 0.05) is 65.5 Å². The maximum atomic E-state index is 11.8. The summed E-state index contributed by atoms with van der Waals surface area (Å²) in [4.78, 5) is 9.60. The van der Waals surface area contributed by atoms with Gasteiger partial charge in [-0.1, -0.05) is 6.07 Å². The zero-order valence-corrected chi connectivity index (χ0v) is 21.5. The number of fused-ring (bicyclic) bond motifs is 2. The van der Waals surface area contributed by atoms with Crippen molar-refractivity contribution in [2.45, 2.75) is 30.7 Å². The molecule has 1 saturated heterocycles. The number of nitrogens with one attached hydrogen (secondary N) is 1. The quantitative estimate of drug-likeness (QED) is 0.333. The lowest BCUT2D eigenvalue weighted by Gasteiger charge is -2.22. The van der Waals surface area contributed by atoms with E-state index in [4.69, 9.17) is 14.8 Å². The molecule has 1 aliphatic rings. The third-order valence-electron chi connectivity index (χ3n) is 7.00. The third-order valence-corrected chi connectivity index (χ3v) is 8.13. The number of hydrogen-bond donors (Lipinski definition) is 1. The minimum atomic E-state index is -3.25. The molecule has 0 amide bonds. The molecule has 2 aromatic carbocycles. The highest BCUT2D eigenvalue weighted by Crippen LogP contribution is 2.34. The van der Waals surface area contributed by atoms with Gasteiger partial charge >= 0.3 is 0 Å². The molecular weight excluding hydrogens is 486 g/mol. The molecule has 0 bridgehead atoms. The van der Waals surface area contributed by atoms with Crippen LogP contribution < -0.4 is 5.32 Å². The van der Waals surface area contributed by atoms with Crippen LogP contribution in [0.5, 0.6) is 0 Å². The molecule has 0 spiro atoms. The van der Waals surface area contributed by atoms with Crippen molar-refractivity contribution >= 4 is 43.0 Å². The lowest BCUT2D eigenvalue weighted by molar-refractivity contribution is 0.0664. The van der Waals surface area contributed by atoms with Crippen LogP contribution in [0.3, 0.4) is 0 Å². The summed E-state index contributed by atoms with van der Waals surface area (Å²) in [5.74, 6) is 0.653. The maximum absolute atomic E-state index is 11.8. The standard InChI is InChI=1S/C28H27N5O3S/c1-18-23(7-8-26-25(18)17-33(32-26)21-10-13-36-14-11-21)28-24-15-27(30-16-19(24)9-12-29-28)31-20-3-5-22(6-4-20)37(2,34)35/h3-9,12,15-17,21H,10-11,13-14H2,1-2H3,(H,30,31). The van der Waals surface area contributed by atoms with Gasteiger partial charge in [0.25, 0.3) is 0 Å². The van der Waals surface area contributed by atoms with Gasteiger partial charge in [-0.05, 0) is 67.8 Å². The van der Waals surface area contributed by atoms with Gasteiger partial charge in [0.05, 0.1) is 22.1 Å². The fraction of sp³-hybridized carbons (Fsp3) is 0.250. The van der Waals surface area contributed by atoms with Crippen molar-refractivity contribution in [1.29, 1.82) is 0 Å². The number of nitrogens with zero attached hydrogens (tertiary/aromatic N) is 4. The number of aryl methyl sites for hydroxylation is 1. The monoisotopic (exact) mass is 513 g/mol. The number of sulfone groups is 1. The smallest absolute Gasteiger partial charge is 0.175 e. The molecule has 0 radical (unpaired) electrons. The van der Waals surface area contributed by atoms with Gasteiger partial charge in [0.2, 0.25) is 0 Å². The van der Waals surface area contributed by atoms with E-state index in [9.17, 15) is 8.42 Å². The molecule has 6 rings (SSSR count). The first-order chi connectivity index (χ1) is 17.9. The molecule has 8 nitrogen and oxygen atoms in total. The number of pyridine rings is 2. The van der Waals surface area contributed by atoms with Gasteiger partial charge < -0.3 is 10.1 Å². The zero-order valence-electron chi connectivity index (χ0n) is 20.7. The highest BCUT2D eigenvalue weighted by molar-refractivity contribution is 7.90. The van der Waals surface area contributed by atoms with Crippen molar-refractivity contribution in [3.05, 3.63) is 72.7 Å². The predicted molar refractivity (Wildman–Crippen MR) is 145 cm³/mol. The predicted octanol–water partition coefficient (Wildman–Crippen LogP) is 5.45. The SMILES string of the molecule is Cc1c(-c2nccc3cnc(Nc4ccc(S(C)(=O)=O)cc4)cc23)ccc2nn(C3CCOCC3)cc12. The second-order valence-electron chi connectivity index (χ2n) is 9.50. The van der Waals surface area contributed by atoms with Crippen LogP contribution in [0.15, 0.2) is 72.0 Å². The number of hydrogen-bond acceptors (Lipinski definition) is 7. The van der Waals surface area contributed by atoms with Crippen molar-refractivity contribution in [2.24, 2.45) is 0 Å². The molecule has 0 atom stereocenters. The molecule has 0 unspecified atom stereocenters. The van der Waals surface area contributed by atoms with E-state index in [-0.39, 0.29) is 4.90 Å². The maximum Gasteiger partial charge on any atom is 0.175 e. The van der Waals surface area contributed by atoms with E-state index in [1.807, 2.05) is 24.5 Å². The van der Waals surface area contributed by atoms with Gasteiger partial charge in [-0.25, -0.2) is 13.4 Å². The van der Waals surface area contributed by atoms with Crippen LogP contribution in [0.25, 0.3) is 32.9 Å². The summed E-state index contributed by atoms with van der Waals surface area (Å²) in [6, 6.07) is 15.1. The second-order valence-corrected chi connectivity index (χ2v) is 11.5. The molecule has 1 aliphatic heterocycles. The summed E-state index contributed by atoms with van der Waals surface area (Å²) >= 11 is 0. The Kier molecular flexibility index (Phi) is 5.89. The van der Waals surface area contributed by atoms with E-state index in [0.717, 1.165) is 70.2 Å². The van der Waals surface area contributed by atoms with Crippen LogP contribution in [-0.2, 0) is 14.6 Å². The van der Waals surface area contributed by atoms with Gasteiger partial charge in [-0.15, -0.1) is 0 Å². The van der Waals surface area contributed by atoms with Gasteiger partial charge in [0.15, 0.2) is 9.84 Å². The normalized spacial score (nSPS) is 14.9. The number of anilines is 2. The van der Waals surface area contributed by atoms with E-state index in [2.05, 4.69) is 40.2 Å². The largest absolute Gasteiger partial charge is 0.381 e. The molecule has 188 valence electrons. The van der Waals surface area contributed by atoms with Crippen LogP contribution in [0.2, 0.25) is 0 Å². The van der Waals surface area contributed by atoms with E-state index < -0.39 is 9.84 Å². The zero-order chi connectivity index (χ0) is 25.6. The molecule has 9 heteroatoms. The Balaban J connectivity index is 1.37. The summed E-state index contributed by atoms with van der Waals surface area (Å²) in [6.45, 7) is 3.67. The fourth-order valence-electron chi connectivity index (χ4n) is 4.93. The van der Waals surface area contributed by atoms with Crippen molar-refractivity contribution in [3.8, 4) is 11.3 Å². The molecule has 3 aromatic heterocycles. The van der Waals surface area contributed by atoms with Crippen LogP contribution >= 0.6 is 0 Å². The van der Waals surface area contributed by atoms with Gasteiger partial charge in [0.1, 0.15) is 5.82 Å². The van der Waals surface area contributed by atoms with E-state index >= 15 is 0 Å². The topological polar surface area (TPSA) is 99.0 Å². The summed E-state index contributed by atoms with van der Waals surface area (Å²) in [5, 5.41) is 11.2. The highest BCUT2D eigenvalue weighted by Gasteiger charge is 2.19. The van der Waals surface area contributed by atoms with Crippen LogP contribution in [-0.4, -0.2) is 47.6 Å². The molecule has 1 N–H and O–H groups in total. The Morgan fingerprint density at radius 2 is 1.78 bits per heavy atom. The average Bonchev–Trinajstić information content (AvgIpc) is 3.35. The molecule has 5 aromatic rings. The van der Waals surface area contributed by atoms with Crippen LogP contribution in [0.4, 0.5) is 11.5 Å². The Hall–Kier alpha value is -3.82. The van der Waals surface area contributed by atoms with Crippen molar-refractivity contribution < 1.29 is 13.2 Å².